The van der Waals surface area contributed by atoms with E-state index in [9.17, 15) is 0 Å². The SMILES string of the molecule is C[Si](C)(C)c1cnc(-c2[c-]cccc2)cc1CC1CCCC1.Cn1c2ccccc2c2cc[c-]c(-c3cc(-c4ccccc4)ccn3)c21.[Ir]. The Morgan fingerprint density at radius 1 is 0.735 bits per heavy atom. The average Bonchev–Trinajstić information content (AvgIpc) is 3.75. The van der Waals surface area contributed by atoms with Crippen LogP contribution in [0.4, 0.5) is 0 Å². The molecular formula is C44H43IrN3Si-2. The molecule has 0 amide bonds. The van der Waals surface area contributed by atoms with Gasteiger partial charge in [0.05, 0.1) is 8.07 Å². The van der Waals surface area contributed by atoms with Crippen molar-refractivity contribution < 1.29 is 20.1 Å². The second-order valence-corrected chi connectivity index (χ2v) is 19.1. The molecule has 0 atom stereocenters. The van der Waals surface area contributed by atoms with E-state index < -0.39 is 8.07 Å². The Labute approximate surface area is 305 Å². The summed E-state index contributed by atoms with van der Waals surface area (Å²) >= 11 is 0. The van der Waals surface area contributed by atoms with Gasteiger partial charge in [-0.3, -0.25) is 0 Å². The van der Waals surface area contributed by atoms with E-state index in [-0.39, 0.29) is 20.1 Å². The van der Waals surface area contributed by atoms with Crippen LogP contribution in [0, 0.1) is 18.1 Å². The van der Waals surface area contributed by atoms with E-state index in [2.05, 4.69) is 139 Å². The molecule has 7 aromatic rings. The Morgan fingerprint density at radius 2 is 1.49 bits per heavy atom. The molecule has 0 aliphatic heterocycles. The van der Waals surface area contributed by atoms with Gasteiger partial charge in [-0.15, -0.1) is 59.7 Å². The van der Waals surface area contributed by atoms with Crippen molar-refractivity contribution in [2.45, 2.75) is 51.7 Å². The maximum Gasteiger partial charge on any atom is 0.0798 e. The molecule has 0 unspecified atom stereocenters. The summed E-state index contributed by atoms with van der Waals surface area (Å²) in [6, 6.07) is 44.5. The van der Waals surface area contributed by atoms with Gasteiger partial charge in [0.1, 0.15) is 0 Å². The van der Waals surface area contributed by atoms with Crippen LogP contribution in [0.3, 0.4) is 0 Å². The van der Waals surface area contributed by atoms with E-state index in [0.29, 0.717) is 0 Å². The Bertz CT molecular complexity index is 2160. The second kappa shape index (κ2) is 15.2. The van der Waals surface area contributed by atoms with Crippen molar-refractivity contribution in [3.63, 3.8) is 0 Å². The average molecular weight is 834 g/mol. The van der Waals surface area contributed by atoms with Crippen LogP contribution in [0.5, 0.6) is 0 Å². The van der Waals surface area contributed by atoms with E-state index in [1.165, 1.54) is 65.0 Å². The van der Waals surface area contributed by atoms with Gasteiger partial charge in [-0.1, -0.05) is 117 Å². The third-order valence-corrected chi connectivity index (χ3v) is 11.8. The fourth-order valence-electron chi connectivity index (χ4n) is 7.31. The summed E-state index contributed by atoms with van der Waals surface area (Å²) < 4.78 is 2.24. The zero-order chi connectivity index (χ0) is 33.1. The van der Waals surface area contributed by atoms with E-state index in [1.807, 2.05) is 30.5 Å². The van der Waals surface area contributed by atoms with E-state index in [4.69, 9.17) is 4.98 Å². The van der Waals surface area contributed by atoms with Crippen LogP contribution in [-0.4, -0.2) is 22.6 Å². The summed E-state index contributed by atoms with van der Waals surface area (Å²) in [5.74, 6) is 0.880. The number of aryl methyl sites for hydroxylation is 1. The Balaban J connectivity index is 0.000000169. The standard InChI is InChI=1S/C24H17N2.C20H26NSi.Ir/c1-26-23-13-6-5-10-19(23)20-11-7-12-21(24(20)26)22-16-18(14-15-25-22)17-8-3-2-4-9-17;1-22(2,3)20-15-21-19(17-11-5-4-6-12-17)14-18(20)13-16-9-7-8-10-16;/h2-11,13-16H,1H3;4-6,11,14-16H,7-10,13H2,1-3H3;/q2*-1;. The second-order valence-electron chi connectivity index (χ2n) is 14.1. The van der Waals surface area contributed by atoms with Crippen LogP contribution in [0.2, 0.25) is 19.6 Å². The molecule has 0 N–H and O–H groups in total. The molecule has 1 radical (unpaired) electrons. The molecule has 0 saturated heterocycles. The molecule has 1 aliphatic rings. The minimum absolute atomic E-state index is 0. The van der Waals surface area contributed by atoms with Gasteiger partial charge < -0.3 is 14.5 Å². The fraction of sp³-hybridized carbons (Fsp3) is 0.227. The zero-order valence-electron chi connectivity index (χ0n) is 28.8. The van der Waals surface area contributed by atoms with Crippen molar-refractivity contribution in [3.8, 4) is 33.6 Å². The minimum Gasteiger partial charge on any atom is -0.383 e. The van der Waals surface area contributed by atoms with Crippen LogP contribution in [-0.2, 0) is 33.6 Å². The molecule has 1 fully saturated rings. The maximum atomic E-state index is 4.75. The Morgan fingerprint density at radius 3 is 2.24 bits per heavy atom. The van der Waals surface area contributed by atoms with Crippen molar-refractivity contribution in [1.82, 2.24) is 14.5 Å². The van der Waals surface area contributed by atoms with Gasteiger partial charge in [-0.2, -0.15) is 0 Å². The molecule has 3 nitrogen and oxygen atoms in total. The maximum absolute atomic E-state index is 4.75. The molecule has 4 aromatic carbocycles. The van der Waals surface area contributed by atoms with Crippen molar-refractivity contribution in [3.05, 3.63) is 139 Å². The van der Waals surface area contributed by atoms with Gasteiger partial charge in [-0.05, 0) is 63.1 Å². The van der Waals surface area contributed by atoms with Crippen molar-refractivity contribution in [1.29, 1.82) is 0 Å². The summed E-state index contributed by atoms with van der Waals surface area (Å²) in [6.45, 7) is 7.28. The van der Waals surface area contributed by atoms with Crippen molar-refractivity contribution in [2.75, 3.05) is 0 Å². The molecule has 49 heavy (non-hydrogen) atoms. The first-order chi connectivity index (χ1) is 23.4. The molecule has 249 valence electrons. The van der Waals surface area contributed by atoms with Crippen LogP contribution < -0.4 is 5.19 Å². The summed E-state index contributed by atoms with van der Waals surface area (Å²) in [4.78, 5) is 9.41. The number of nitrogens with zero attached hydrogens (tertiary/aromatic N) is 3. The number of para-hydroxylation sites is 1. The summed E-state index contributed by atoms with van der Waals surface area (Å²) in [5.41, 5.74) is 10.5. The quantitative estimate of drug-likeness (QED) is 0.123. The number of aromatic nitrogens is 3. The molecule has 8 rings (SSSR count). The van der Waals surface area contributed by atoms with Gasteiger partial charge in [0.2, 0.25) is 0 Å². The number of hydrogen-bond donors (Lipinski definition) is 0. The number of rotatable bonds is 6. The topological polar surface area (TPSA) is 30.7 Å². The smallest absolute Gasteiger partial charge is 0.0798 e. The van der Waals surface area contributed by atoms with Crippen LogP contribution in [0.15, 0.2) is 122 Å². The number of pyridine rings is 2. The van der Waals surface area contributed by atoms with E-state index in [0.717, 1.165) is 28.4 Å². The summed E-state index contributed by atoms with van der Waals surface area (Å²) in [7, 11) is 0.768. The molecule has 1 aliphatic carbocycles. The summed E-state index contributed by atoms with van der Waals surface area (Å²) in [5, 5.41) is 4.04. The molecule has 1 saturated carbocycles. The van der Waals surface area contributed by atoms with Gasteiger partial charge >= 0.3 is 0 Å². The van der Waals surface area contributed by atoms with Crippen molar-refractivity contribution >= 4 is 35.1 Å². The van der Waals surface area contributed by atoms with Crippen LogP contribution in [0.1, 0.15) is 31.2 Å². The van der Waals surface area contributed by atoms with E-state index in [1.54, 1.807) is 10.8 Å². The molecule has 3 aromatic heterocycles. The Hall–Kier alpha value is -4.15. The molecule has 0 bridgehead atoms. The fourth-order valence-corrected chi connectivity index (χ4v) is 8.90. The van der Waals surface area contributed by atoms with Gasteiger partial charge in [0, 0.05) is 45.1 Å². The van der Waals surface area contributed by atoms with Crippen LogP contribution >= 0.6 is 0 Å². The van der Waals surface area contributed by atoms with Crippen molar-refractivity contribution in [2.24, 2.45) is 13.0 Å². The van der Waals surface area contributed by atoms with E-state index >= 15 is 0 Å². The largest absolute Gasteiger partial charge is 0.383 e. The third-order valence-electron chi connectivity index (χ3n) is 9.75. The number of hydrogen-bond acceptors (Lipinski definition) is 2. The molecular weight excluding hydrogens is 791 g/mol. The predicted molar refractivity (Wildman–Crippen MR) is 205 cm³/mol. The van der Waals surface area contributed by atoms with Gasteiger partial charge in [0.25, 0.3) is 0 Å². The molecule has 5 heteroatoms. The first-order valence-electron chi connectivity index (χ1n) is 17.2. The van der Waals surface area contributed by atoms with Gasteiger partial charge in [-0.25, -0.2) is 0 Å². The monoisotopic (exact) mass is 834 g/mol. The first-order valence-corrected chi connectivity index (χ1v) is 20.7. The predicted octanol–water partition coefficient (Wildman–Crippen LogP) is 10.7. The minimum atomic E-state index is -1.35. The third kappa shape index (κ3) is 7.55. The first kappa shape index (κ1) is 34.7. The molecule has 3 heterocycles. The summed E-state index contributed by atoms with van der Waals surface area (Å²) in [6.07, 6.45) is 10.9. The molecule has 0 spiro atoms. The number of benzene rings is 4. The Kier molecular flexibility index (Phi) is 10.7. The zero-order valence-corrected chi connectivity index (χ0v) is 32.2. The van der Waals surface area contributed by atoms with Gasteiger partial charge in [0.15, 0.2) is 0 Å². The van der Waals surface area contributed by atoms with Crippen LogP contribution in [0.25, 0.3) is 55.4 Å². The normalized spacial score (nSPS) is 13.2. The number of fused-ring (bicyclic) bond motifs is 3.